The Kier molecular flexibility index (Phi) is 9.80. The topological polar surface area (TPSA) is 9.23 Å². The van der Waals surface area contributed by atoms with E-state index in [0.717, 1.165) is 12.2 Å². The summed E-state index contributed by atoms with van der Waals surface area (Å²) in [5.74, 6) is 1.09. The van der Waals surface area contributed by atoms with Crippen LogP contribution < -0.4 is 0 Å². The predicted octanol–water partition coefficient (Wildman–Crippen LogP) is 4.06. The van der Waals surface area contributed by atoms with E-state index in [-0.39, 0.29) is 0 Å². The highest BCUT2D eigenvalue weighted by molar-refractivity contribution is 8.08. The van der Waals surface area contributed by atoms with Gasteiger partial charge in [0.05, 0.1) is 0 Å². The molecule has 0 amide bonds. The second kappa shape index (κ2) is 9.49. The highest BCUT2D eigenvalue weighted by Crippen LogP contribution is 2.20. The molecule has 0 fully saturated rings. The van der Waals surface area contributed by atoms with Crippen LogP contribution in [0.4, 0.5) is 0 Å². The molecule has 0 radical (unpaired) electrons. The van der Waals surface area contributed by atoms with E-state index in [1.807, 2.05) is 6.08 Å². The summed E-state index contributed by atoms with van der Waals surface area (Å²) in [6.07, 6.45) is 5.54. The number of unbranched alkanes of at least 4 members (excludes halogenated alkanes) is 2. The number of hydrogen-bond acceptors (Lipinski definition) is 3. The first-order chi connectivity index (χ1) is 5.77. The highest BCUT2D eigenvalue weighted by Gasteiger charge is 1.95. The van der Waals surface area contributed by atoms with Crippen molar-refractivity contribution in [3.63, 3.8) is 0 Å². The summed E-state index contributed by atoms with van der Waals surface area (Å²) < 4.78 is 5.28. The molecule has 0 aliphatic heterocycles. The molecule has 0 saturated heterocycles. The fourth-order valence-electron chi connectivity index (χ4n) is 0.590. The van der Waals surface area contributed by atoms with Crippen molar-refractivity contribution in [3.05, 3.63) is 12.7 Å². The molecule has 0 aliphatic carbocycles. The van der Waals surface area contributed by atoms with E-state index in [1.54, 1.807) is 12.0 Å². The lowest BCUT2D eigenvalue weighted by Gasteiger charge is -2.02. The van der Waals surface area contributed by atoms with Crippen LogP contribution in [-0.4, -0.2) is 11.0 Å². The molecule has 3 heteroatoms. The fraction of sp³-hybridized carbons (Fsp3) is 0.778. The first kappa shape index (κ1) is 12.4. The summed E-state index contributed by atoms with van der Waals surface area (Å²) in [5, 5.41) is 0.561. The van der Waals surface area contributed by atoms with Crippen LogP contribution in [0.2, 0.25) is 0 Å². The standard InChI is InChI=1S/C9H18OS2/c1-4-5-6-7-8-11-10-12-9(2)3/h4,9H,1,5-8H2,2-3H3. The molecule has 0 unspecified atom stereocenters. The average Bonchev–Trinajstić information content (AvgIpc) is 2.02. The molecule has 0 aromatic heterocycles. The lowest BCUT2D eigenvalue weighted by atomic mass is 10.2. The van der Waals surface area contributed by atoms with Gasteiger partial charge in [-0.05, 0) is 19.3 Å². The van der Waals surface area contributed by atoms with Crippen molar-refractivity contribution in [3.8, 4) is 0 Å². The van der Waals surface area contributed by atoms with Crippen LogP contribution in [0.1, 0.15) is 33.1 Å². The van der Waals surface area contributed by atoms with Gasteiger partial charge in [-0.2, -0.15) is 0 Å². The van der Waals surface area contributed by atoms with Crippen molar-refractivity contribution in [1.82, 2.24) is 0 Å². The molecule has 0 atom stereocenters. The van der Waals surface area contributed by atoms with Crippen LogP contribution in [0.3, 0.4) is 0 Å². The van der Waals surface area contributed by atoms with Gasteiger partial charge in [-0.25, -0.2) is 3.63 Å². The number of rotatable bonds is 8. The average molecular weight is 206 g/mol. The summed E-state index contributed by atoms with van der Waals surface area (Å²) >= 11 is 3.10. The van der Waals surface area contributed by atoms with Crippen molar-refractivity contribution in [1.29, 1.82) is 0 Å². The monoisotopic (exact) mass is 206 g/mol. The van der Waals surface area contributed by atoms with Gasteiger partial charge < -0.3 is 0 Å². The summed E-state index contributed by atoms with van der Waals surface area (Å²) in [5.41, 5.74) is 0. The Hall–Kier alpha value is 0.400. The van der Waals surface area contributed by atoms with E-state index in [1.165, 1.54) is 24.9 Å². The summed E-state index contributed by atoms with van der Waals surface area (Å²) in [6.45, 7) is 7.93. The SMILES string of the molecule is C=CCCCCSOSC(C)C. The quantitative estimate of drug-likeness (QED) is 0.337. The van der Waals surface area contributed by atoms with Gasteiger partial charge in [-0.1, -0.05) is 19.9 Å². The maximum Gasteiger partial charge on any atom is 0.0267 e. The molecular weight excluding hydrogens is 188 g/mol. The normalized spacial score (nSPS) is 10.6. The molecule has 0 aliphatic rings. The van der Waals surface area contributed by atoms with E-state index >= 15 is 0 Å². The van der Waals surface area contributed by atoms with Crippen molar-refractivity contribution in [2.75, 3.05) is 5.75 Å². The lowest BCUT2D eigenvalue weighted by Crippen LogP contribution is -1.86. The summed E-state index contributed by atoms with van der Waals surface area (Å²) in [7, 11) is 0. The molecule has 0 aromatic carbocycles. The molecule has 0 aromatic rings. The molecule has 0 heterocycles. The molecule has 0 rings (SSSR count). The fourth-order valence-corrected chi connectivity index (χ4v) is 2.03. The minimum Gasteiger partial charge on any atom is -0.247 e. The van der Waals surface area contributed by atoms with Crippen molar-refractivity contribution >= 4 is 24.1 Å². The Balaban J connectivity index is 2.86. The third-order valence-corrected chi connectivity index (χ3v) is 2.71. The maximum atomic E-state index is 5.28. The molecule has 0 saturated carbocycles. The Bertz CT molecular complexity index is 105. The van der Waals surface area contributed by atoms with Gasteiger partial charge in [-0.15, -0.1) is 6.58 Å². The number of allylic oxidation sites excluding steroid dienone is 1. The van der Waals surface area contributed by atoms with Crippen LogP contribution >= 0.6 is 24.1 Å². The van der Waals surface area contributed by atoms with Gasteiger partial charge in [0.1, 0.15) is 0 Å². The smallest absolute Gasteiger partial charge is 0.0267 e. The second-order valence-corrected chi connectivity index (χ2v) is 5.14. The number of hydrogen-bond donors (Lipinski definition) is 0. The summed E-state index contributed by atoms with van der Waals surface area (Å²) in [4.78, 5) is 0. The van der Waals surface area contributed by atoms with E-state index in [0.29, 0.717) is 5.25 Å². The Morgan fingerprint density at radius 1 is 1.42 bits per heavy atom. The van der Waals surface area contributed by atoms with Gasteiger partial charge in [0.2, 0.25) is 0 Å². The Morgan fingerprint density at radius 2 is 2.17 bits per heavy atom. The van der Waals surface area contributed by atoms with Gasteiger partial charge >= 0.3 is 0 Å². The van der Waals surface area contributed by atoms with E-state index < -0.39 is 0 Å². The third kappa shape index (κ3) is 10.4. The maximum absolute atomic E-state index is 5.28. The highest BCUT2D eigenvalue weighted by atomic mass is 32.2. The van der Waals surface area contributed by atoms with Crippen LogP contribution in [0.15, 0.2) is 12.7 Å². The van der Waals surface area contributed by atoms with Crippen molar-refractivity contribution in [2.45, 2.75) is 38.4 Å². The lowest BCUT2D eigenvalue weighted by molar-refractivity contribution is 0.732. The zero-order chi connectivity index (χ0) is 9.23. The zero-order valence-corrected chi connectivity index (χ0v) is 9.55. The molecule has 12 heavy (non-hydrogen) atoms. The van der Waals surface area contributed by atoms with Crippen LogP contribution in [0, 0.1) is 0 Å². The molecule has 0 N–H and O–H groups in total. The van der Waals surface area contributed by atoms with E-state index in [2.05, 4.69) is 20.4 Å². The third-order valence-electron chi connectivity index (χ3n) is 1.17. The van der Waals surface area contributed by atoms with Crippen molar-refractivity contribution in [2.24, 2.45) is 0 Å². The Labute approximate surface area is 84.7 Å². The second-order valence-electron chi connectivity index (χ2n) is 2.82. The van der Waals surface area contributed by atoms with E-state index in [9.17, 15) is 0 Å². The first-order valence-electron chi connectivity index (χ1n) is 4.33. The Morgan fingerprint density at radius 3 is 2.75 bits per heavy atom. The van der Waals surface area contributed by atoms with Gasteiger partial charge in [-0.3, -0.25) is 0 Å². The molecular formula is C9H18OS2. The minimum absolute atomic E-state index is 0.561. The van der Waals surface area contributed by atoms with Crippen LogP contribution in [0.5, 0.6) is 0 Å². The molecule has 0 spiro atoms. The predicted molar refractivity (Wildman–Crippen MR) is 60.3 cm³/mol. The van der Waals surface area contributed by atoms with Crippen LogP contribution in [-0.2, 0) is 3.63 Å². The molecule has 0 bridgehead atoms. The molecule has 1 nitrogen and oxygen atoms in total. The summed E-state index contributed by atoms with van der Waals surface area (Å²) in [6, 6.07) is 0. The molecule has 72 valence electrons. The van der Waals surface area contributed by atoms with Crippen molar-refractivity contribution < 1.29 is 3.63 Å². The first-order valence-corrected chi connectivity index (χ1v) is 6.04. The van der Waals surface area contributed by atoms with Gasteiger partial charge in [0, 0.05) is 35.1 Å². The van der Waals surface area contributed by atoms with Crippen LogP contribution in [0.25, 0.3) is 0 Å². The zero-order valence-electron chi connectivity index (χ0n) is 7.91. The minimum atomic E-state index is 0.561. The largest absolute Gasteiger partial charge is 0.247 e. The van der Waals surface area contributed by atoms with Gasteiger partial charge in [0.15, 0.2) is 0 Å². The van der Waals surface area contributed by atoms with E-state index in [4.69, 9.17) is 3.63 Å². The van der Waals surface area contributed by atoms with Gasteiger partial charge in [0.25, 0.3) is 0 Å².